The molecule has 14 nitrogen and oxygen atoms in total. The highest BCUT2D eigenvalue weighted by molar-refractivity contribution is 5.96. The number of nitrogens with two attached hydrogens (primary N) is 1. The van der Waals surface area contributed by atoms with Gasteiger partial charge in [0.25, 0.3) is 0 Å². The van der Waals surface area contributed by atoms with Gasteiger partial charge in [-0.25, -0.2) is 0 Å². The van der Waals surface area contributed by atoms with E-state index in [1.165, 1.54) is 46.8 Å². The lowest BCUT2D eigenvalue weighted by atomic mass is 10.0. The zero-order chi connectivity index (χ0) is 29.2. The average molecular weight is 537 g/mol. The van der Waals surface area contributed by atoms with Gasteiger partial charge in [-0.15, -0.1) is 0 Å². The second kappa shape index (κ2) is 14.5. The summed E-state index contributed by atoms with van der Waals surface area (Å²) in [6.07, 6.45) is -0.0285. The van der Waals surface area contributed by atoms with Crippen LogP contribution in [0.1, 0.15) is 40.2 Å². The van der Waals surface area contributed by atoms with Crippen molar-refractivity contribution in [2.75, 3.05) is 0 Å². The van der Waals surface area contributed by atoms with Gasteiger partial charge in [-0.3, -0.25) is 28.8 Å². The smallest absolute Gasteiger partial charge is 0.325 e. The van der Waals surface area contributed by atoms with Crippen molar-refractivity contribution in [3.05, 3.63) is 29.8 Å². The SMILES string of the molecule is C[C@H](N)C(=O)N[C@@H](C)C(=O)N[C@@H](C)C(=O)N[C@@H](Cc1ccc(O)cc1)C(=O)N[C@@H](C)C(=O)N[C@@H](C)C(=O)O. The first-order valence-electron chi connectivity index (χ1n) is 11.9. The van der Waals surface area contributed by atoms with Crippen LogP contribution in [0.2, 0.25) is 0 Å². The van der Waals surface area contributed by atoms with Crippen LogP contribution in [0.25, 0.3) is 0 Å². The Bertz CT molecular complexity index is 1030. The molecule has 0 aromatic heterocycles. The Morgan fingerprint density at radius 2 is 1.05 bits per heavy atom. The second-order valence-corrected chi connectivity index (χ2v) is 8.98. The number of carbonyl (C=O) groups excluding carboxylic acids is 5. The van der Waals surface area contributed by atoms with E-state index in [9.17, 15) is 33.9 Å². The van der Waals surface area contributed by atoms with Crippen molar-refractivity contribution in [3.8, 4) is 5.75 Å². The number of aliphatic carboxylic acids is 1. The number of hydrogen-bond donors (Lipinski definition) is 8. The summed E-state index contributed by atoms with van der Waals surface area (Å²) in [6.45, 7) is 6.86. The maximum atomic E-state index is 13.0. The lowest BCUT2D eigenvalue weighted by Crippen LogP contribution is -2.58. The van der Waals surface area contributed by atoms with Crippen LogP contribution in [-0.4, -0.2) is 82.0 Å². The zero-order valence-corrected chi connectivity index (χ0v) is 21.9. The summed E-state index contributed by atoms with van der Waals surface area (Å²) in [4.78, 5) is 73.2. The molecule has 0 aliphatic rings. The topological polar surface area (TPSA) is 229 Å². The van der Waals surface area contributed by atoms with Gasteiger partial charge in [0.1, 0.15) is 36.0 Å². The van der Waals surface area contributed by atoms with Gasteiger partial charge < -0.3 is 42.5 Å². The van der Waals surface area contributed by atoms with Gasteiger partial charge in [0.2, 0.25) is 29.5 Å². The summed E-state index contributed by atoms with van der Waals surface area (Å²) in [5.74, 6) is -4.67. The number of carbonyl (C=O) groups is 6. The van der Waals surface area contributed by atoms with Crippen LogP contribution in [-0.2, 0) is 35.2 Å². The Labute approximate surface area is 220 Å². The Morgan fingerprint density at radius 3 is 1.50 bits per heavy atom. The van der Waals surface area contributed by atoms with E-state index in [0.717, 1.165) is 0 Å². The summed E-state index contributed by atoms with van der Waals surface area (Å²) in [5, 5.41) is 30.5. The molecule has 0 saturated heterocycles. The van der Waals surface area contributed by atoms with Gasteiger partial charge in [0.05, 0.1) is 6.04 Å². The van der Waals surface area contributed by atoms with E-state index in [1.807, 2.05) is 0 Å². The molecule has 0 bridgehead atoms. The number of amides is 5. The molecule has 210 valence electrons. The average Bonchev–Trinajstić information content (AvgIpc) is 2.84. The molecule has 0 heterocycles. The third-order valence-electron chi connectivity index (χ3n) is 5.41. The number of benzene rings is 1. The van der Waals surface area contributed by atoms with Crippen molar-refractivity contribution >= 4 is 35.5 Å². The first-order chi connectivity index (χ1) is 17.6. The zero-order valence-electron chi connectivity index (χ0n) is 21.9. The van der Waals surface area contributed by atoms with Crippen molar-refractivity contribution in [2.45, 2.75) is 77.3 Å². The molecule has 9 N–H and O–H groups in total. The first-order valence-corrected chi connectivity index (χ1v) is 11.9. The van der Waals surface area contributed by atoms with E-state index in [-0.39, 0.29) is 12.2 Å². The Kier molecular flexibility index (Phi) is 12.2. The van der Waals surface area contributed by atoms with Crippen molar-refractivity contribution in [1.82, 2.24) is 26.6 Å². The second-order valence-electron chi connectivity index (χ2n) is 8.98. The molecule has 0 aliphatic heterocycles. The maximum Gasteiger partial charge on any atom is 0.325 e. The molecule has 1 aromatic rings. The maximum absolute atomic E-state index is 13.0. The summed E-state index contributed by atoms with van der Waals surface area (Å²) in [6, 6.07) is -0.547. The summed E-state index contributed by atoms with van der Waals surface area (Å²) >= 11 is 0. The molecule has 0 spiro atoms. The van der Waals surface area contributed by atoms with E-state index in [2.05, 4.69) is 26.6 Å². The Balaban J connectivity index is 2.94. The summed E-state index contributed by atoms with van der Waals surface area (Å²) in [7, 11) is 0. The van der Waals surface area contributed by atoms with E-state index in [1.54, 1.807) is 12.1 Å². The van der Waals surface area contributed by atoms with Crippen LogP contribution in [0.3, 0.4) is 0 Å². The molecular weight excluding hydrogens is 500 g/mol. The molecule has 0 radical (unpaired) electrons. The number of hydrogen-bond acceptors (Lipinski definition) is 8. The van der Waals surface area contributed by atoms with Gasteiger partial charge in [0, 0.05) is 6.42 Å². The van der Waals surface area contributed by atoms with Crippen LogP contribution >= 0.6 is 0 Å². The summed E-state index contributed by atoms with van der Waals surface area (Å²) < 4.78 is 0. The van der Waals surface area contributed by atoms with Gasteiger partial charge in [-0.2, -0.15) is 0 Å². The minimum Gasteiger partial charge on any atom is -0.508 e. The molecule has 0 fully saturated rings. The number of phenolic OH excluding ortho intramolecular Hbond substituents is 1. The van der Waals surface area contributed by atoms with Crippen LogP contribution in [0.5, 0.6) is 5.75 Å². The van der Waals surface area contributed by atoms with Gasteiger partial charge in [-0.05, 0) is 52.3 Å². The minimum atomic E-state index is -1.25. The first kappa shape index (κ1) is 31.8. The lowest BCUT2D eigenvalue weighted by Gasteiger charge is -2.24. The number of phenols is 1. The van der Waals surface area contributed by atoms with Crippen LogP contribution in [0, 0.1) is 0 Å². The number of aromatic hydroxyl groups is 1. The fourth-order valence-electron chi connectivity index (χ4n) is 2.97. The molecule has 1 rings (SSSR count). The number of nitrogens with one attached hydrogen (secondary N) is 5. The largest absolute Gasteiger partial charge is 0.508 e. The van der Waals surface area contributed by atoms with Crippen LogP contribution < -0.4 is 32.3 Å². The standard InChI is InChI=1S/C24H36N6O8/c1-11(25)19(32)26-12(2)20(33)27-14(4)22(35)30-18(10-16-6-8-17(31)9-7-16)23(36)28-13(3)21(34)29-15(5)24(37)38/h6-9,11-15,18,31H,10,25H2,1-5H3,(H,26,32)(H,27,33)(H,28,36)(H,29,34)(H,30,35)(H,37,38)/t11-,12-,13-,14-,15-,18-/m0/s1. The highest BCUT2D eigenvalue weighted by Gasteiger charge is 2.29. The predicted molar refractivity (Wildman–Crippen MR) is 135 cm³/mol. The fourth-order valence-corrected chi connectivity index (χ4v) is 2.97. The van der Waals surface area contributed by atoms with Crippen molar-refractivity contribution in [3.63, 3.8) is 0 Å². The summed E-state index contributed by atoms with van der Waals surface area (Å²) in [5.41, 5.74) is 6.04. The van der Waals surface area contributed by atoms with Gasteiger partial charge >= 0.3 is 5.97 Å². The van der Waals surface area contributed by atoms with Crippen LogP contribution in [0.15, 0.2) is 24.3 Å². The predicted octanol–water partition coefficient (Wildman–Crippen LogP) is -2.13. The molecule has 0 unspecified atom stereocenters. The molecule has 0 aliphatic carbocycles. The Hall–Kier alpha value is -4.20. The van der Waals surface area contributed by atoms with E-state index in [0.29, 0.717) is 5.56 Å². The van der Waals surface area contributed by atoms with Crippen molar-refractivity contribution < 1.29 is 39.0 Å². The van der Waals surface area contributed by atoms with Crippen molar-refractivity contribution in [1.29, 1.82) is 0 Å². The highest BCUT2D eigenvalue weighted by atomic mass is 16.4. The number of carboxylic acid groups (broad SMARTS) is 1. The normalized spacial score (nSPS) is 15.4. The van der Waals surface area contributed by atoms with Gasteiger partial charge in [0.15, 0.2) is 0 Å². The van der Waals surface area contributed by atoms with Crippen molar-refractivity contribution in [2.24, 2.45) is 5.73 Å². The van der Waals surface area contributed by atoms with E-state index in [4.69, 9.17) is 10.8 Å². The lowest BCUT2D eigenvalue weighted by molar-refractivity contribution is -0.141. The molecule has 6 atom stereocenters. The number of carboxylic acids is 1. The van der Waals surface area contributed by atoms with E-state index < -0.39 is 71.8 Å². The third-order valence-corrected chi connectivity index (χ3v) is 5.41. The molecular formula is C24H36N6O8. The van der Waals surface area contributed by atoms with E-state index >= 15 is 0 Å². The monoisotopic (exact) mass is 536 g/mol. The van der Waals surface area contributed by atoms with Crippen LogP contribution in [0.4, 0.5) is 0 Å². The Morgan fingerprint density at radius 1 is 0.658 bits per heavy atom. The highest BCUT2D eigenvalue weighted by Crippen LogP contribution is 2.12. The third kappa shape index (κ3) is 10.4. The molecule has 1 aromatic carbocycles. The molecule has 5 amide bonds. The molecule has 38 heavy (non-hydrogen) atoms. The number of rotatable bonds is 13. The minimum absolute atomic E-state index is 0.00166. The molecule has 14 heteroatoms. The molecule has 0 saturated carbocycles. The quantitative estimate of drug-likeness (QED) is 0.137. The van der Waals surface area contributed by atoms with Gasteiger partial charge in [-0.1, -0.05) is 12.1 Å². The fraction of sp³-hybridized carbons (Fsp3) is 0.500.